The van der Waals surface area contributed by atoms with Crippen molar-refractivity contribution >= 4 is 5.91 Å². The molecule has 4 atom stereocenters. The minimum absolute atomic E-state index is 0.0618. The largest absolute Gasteiger partial charge is 0.456 e. The van der Waals surface area contributed by atoms with Crippen molar-refractivity contribution in [2.45, 2.75) is 94.3 Å². The van der Waals surface area contributed by atoms with E-state index in [0.29, 0.717) is 18.4 Å². The first-order chi connectivity index (χ1) is 19.7. The lowest BCUT2D eigenvalue weighted by Crippen LogP contribution is -2.59. The SMILES string of the molecule is Cc1cn([C@H]2CC[C@@H](Cn3cc(CNC(=O)CCC(F)(F)C(F)C(F)(F)C(F)C(F)(F)C(F)(F)F)nn3)O2)c(=O)[nH]c1=O. The fourth-order valence-electron chi connectivity index (χ4n) is 4.02. The number of aromatic amines is 1. The third-order valence-corrected chi connectivity index (χ3v) is 6.41. The lowest BCUT2D eigenvalue weighted by atomic mass is 9.96. The first-order valence-corrected chi connectivity index (χ1v) is 12.3. The third kappa shape index (κ3) is 7.53. The van der Waals surface area contributed by atoms with Crippen molar-refractivity contribution in [1.29, 1.82) is 0 Å². The van der Waals surface area contributed by atoms with Crippen LogP contribution in [0.15, 0.2) is 22.0 Å². The van der Waals surface area contributed by atoms with Crippen molar-refractivity contribution in [2.75, 3.05) is 0 Å². The molecule has 1 aliphatic heterocycles. The number of nitrogens with one attached hydrogen (secondary N) is 2. The maximum atomic E-state index is 13.9. The third-order valence-electron chi connectivity index (χ3n) is 6.41. The first kappa shape index (κ1) is 34.0. The van der Waals surface area contributed by atoms with Crippen LogP contribution in [0, 0.1) is 6.92 Å². The van der Waals surface area contributed by atoms with Gasteiger partial charge in [-0.25, -0.2) is 27.0 Å². The molecule has 1 saturated heterocycles. The van der Waals surface area contributed by atoms with E-state index in [0.717, 1.165) is 0 Å². The molecule has 0 aliphatic carbocycles. The van der Waals surface area contributed by atoms with Crippen LogP contribution < -0.4 is 16.6 Å². The Hall–Kier alpha value is -3.52. The Kier molecular flexibility index (Phi) is 9.66. The molecule has 0 bridgehead atoms. The number of H-pyrrole nitrogens is 1. The molecule has 43 heavy (non-hydrogen) atoms. The average molecular weight is 644 g/mol. The van der Waals surface area contributed by atoms with E-state index in [-0.39, 0.29) is 12.2 Å². The summed E-state index contributed by atoms with van der Waals surface area (Å²) in [6, 6.07) is 0. The lowest BCUT2D eigenvalue weighted by Gasteiger charge is -2.33. The average Bonchev–Trinajstić information content (AvgIpc) is 3.56. The standard InChI is InChI=1S/C22H23F11N6O4/c1-10-7-39(18(42)35-15(10)41)14-3-2-12(43-14)9-38-8-11(36-37-38)6-34-13(40)4-5-19(25,26)16(23)20(27,28)17(24)21(29,30)22(31,32)33/h7-8,12,14,16-17H,2-6,9H2,1H3,(H,34,40)(H,35,41,42)/t12-,14+,16?,17?/m0/s1. The summed E-state index contributed by atoms with van der Waals surface area (Å²) in [7, 11) is 0. The molecule has 2 aromatic rings. The second kappa shape index (κ2) is 12.2. The lowest BCUT2D eigenvalue weighted by molar-refractivity contribution is -0.340. The van der Waals surface area contributed by atoms with Crippen molar-refractivity contribution in [3.05, 3.63) is 44.5 Å². The van der Waals surface area contributed by atoms with Gasteiger partial charge in [-0.05, 0) is 19.8 Å². The molecule has 0 radical (unpaired) electrons. The molecule has 2 unspecified atom stereocenters. The van der Waals surface area contributed by atoms with Gasteiger partial charge in [-0.15, -0.1) is 5.10 Å². The molecule has 0 spiro atoms. The number of aryl methyl sites for hydroxylation is 1. The van der Waals surface area contributed by atoms with Crippen LogP contribution in [0.1, 0.15) is 43.2 Å². The zero-order valence-electron chi connectivity index (χ0n) is 21.8. The molecule has 1 amide bonds. The molecule has 21 heteroatoms. The molecule has 0 aromatic carbocycles. The second-order valence-electron chi connectivity index (χ2n) is 9.76. The molecule has 3 rings (SSSR count). The molecule has 10 nitrogen and oxygen atoms in total. The molecule has 1 fully saturated rings. The van der Waals surface area contributed by atoms with Crippen LogP contribution >= 0.6 is 0 Å². The zero-order chi connectivity index (χ0) is 32.5. The number of halogens is 11. The summed E-state index contributed by atoms with van der Waals surface area (Å²) >= 11 is 0. The molecule has 0 saturated carbocycles. The highest BCUT2D eigenvalue weighted by atomic mass is 19.4. The van der Waals surface area contributed by atoms with Crippen molar-refractivity contribution < 1.29 is 57.8 Å². The quantitative estimate of drug-likeness (QED) is 0.342. The molecular formula is C22H23F11N6O4. The van der Waals surface area contributed by atoms with Gasteiger partial charge >= 0.3 is 23.7 Å². The van der Waals surface area contributed by atoms with Gasteiger partial charge in [0.15, 0.2) is 0 Å². The number of hydrogen-bond acceptors (Lipinski definition) is 6. The van der Waals surface area contributed by atoms with Crippen LogP contribution in [0.3, 0.4) is 0 Å². The van der Waals surface area contributed by atoms with Crippen molar-refractivity contribution in [3.8, 4) is 0 Å². The predicted octanol–water partition coefficient (Wildman–Crippen LogP) is 3.36. The Labute approximate surface area is 233 Å². The fraction of sp³-hybridized carbons (Fsp3) is 0.682. The first-order valence-electron chi connectivity index (χ1n) is 12.3. The minimum atomic E-state index is -6.91. The minimum Gasteiger partial charge on any atom is -0.353 e. The number of aromatic nitrogens is 5. The summed E-state index contributed by atoms with van der Waals surface area (Å²) in [5.74, 6) is -20.0. The van der Waals surface area contributed by atoms with E-state index in [2.05, 4.69) is 15.3 Å². The van der Waals surface area contributed by atoms with Gasteiger partial charge in [0.05, 0.1) is 25.4 Å². The number of hydrogen-bond donors (Lipinski definition) is 2. The van der Waals surface area contributed by atoms with Crippen LogP contribution in [0.5, 0.6) is 0 Å². The van der Waals surface area contributed by atoms with E-state index < -0.39 is 85.2 Å². The normalized spacial score (nSPS) is 19.8. The molecule has 1 aliphatic rings. The smallest absolute Gasteiger partial charge is 0.353 e. The topological polar surface area (TPSA) is 124 Å². The van der Waals surface area contributed by atoms with E-state index in [1.165, 1.54) is 28.6 Å². The molecule has 3 heterocycles. The predicted molar refractivity (Wildman–Crippen MR) is 121 cm³/mol. The number of carbonyl (C=O) groups is 1. The summed E-state index contributed by atoms with van der Waals surface area (Å²) in [5.41, 5.74) is -0.850. The summed E-state index contributed by atoms with van der Waals surface area (Å²) in [5, 5.41) is 9.52. The number of nitrogens with zero attached hydrogens (tertiary/aromatic N) is 4. The maximum Gasteiger partial charge on any atom is 0.456 e. The number of carbonyl (C=O) groups excluding carboxylic acids is 1. The van der Waals surface area contributed by atoms with E-state index in [4.69, 9.17) is 4.74 Å². The summed E-state index contributed by atoms with van der Waals surface area (Å²) < 4.78 is 152. The Morgan fingerprint density at radius 1 is 1.07 bits per heavy atom. The Morgan fingerprint density at radius 3 is 2.35 bits per heavy atom. The van der Waals surface area contributed by atoms with Crippen LogP contribution in [0.4, 0.5) is 48.3 Å². The summed E-state index contributed by atoms with van der Waals surface area (Å²) in [4.78, 5) is 37.6. The maximum absolute atomic E-state index is 13.9. The van der Waals surface area contributed by atoms with E-state index in [1.54, 1.807) is 0 Å². The van der Waals surface area contributed by atoms with Gasteiger partial charge in [0.25, 0.3) is 11.5 Å². The number of rotatable bonds is 12. The van der Waals surface area contributed by atoms with Gasteiger partial charge in [-0.3, -0.25) is 19.1 Å². The van der Waals surface area contributed by atoms with Gasteiger partial charge in [-0.2, -0.15) is 30.7 Å². The van der Waals surface area contributed by atoms with Gasteiger partial charge in [0, 0.05) is 24.6 Å². The number of ether oxygens (including phenoxy) is 1. The molecule has 2 aromatic heterocycles. The highest BCUT2D eigenvalue weighted by Crippen LogP contribution is 2.49. The van der Waals surface area contributed by atoms with Crippen LogP contribution in [0.2, 0.25) is 0 Å². The van der Waals surface area contributed by atoms with Crippen LogP contribution in [-0.4, -0.2) is 72.8 Å². The highest BCUT2D eigenvalue weighted by molar-refractivity contribution is 5.75. The monoisotopic (exact) mass is 644 g/mol. The van der Waals surface area contributed by atoms with Crippen molar-refractivity contribution in [3.63, 3.8) is 0 Å². The second-order valence-corrected chi connectivity index (χ2v) is 9.76. The van der Waals surface area contributed by atoms with E-state index >= 15 is 0 Å². The van der Waals surface area contributed by atoms with Gasteiger partial charge in [0.2, 0.25) is 18.3 Å². The van der Waals surface area contributed by atoms with Gasteiger partial charge in [-0.1, -0.05) is 5.21 Å². The molecular weight excluding hydrogens is 621 g/mol. The molecule has 2 N–H and O–H groups in total. The molecule has 242 valence electrons. The van der Waals surface area contributed by atoms with Crippen molar-refractivity contribution in [2.24, 2.45) is 0 Å². The number of alkyl halides is 11. The highest BCUT2D eigenvalue weighted by Gasteiger charge is 2.74. The number of amides is 1. The van der Waals surface area contributed by atoms with E-state index in [1.807, 2.05) is 5.32 Å². The summed E-state index contributed by atoms with van der Waals surface area (Å²) in [6.07, 6.45) is -18.7. The van der Waals surface area contributed by atoms with E-state index in [9.17, 15) is 62.7 Å². The Bertz CT molecular complexity index is 1410. The summed E-state index contributed by atoms with van der Waals surface area (Å²) in [6.45, 7) is 1.17. The van der Waals surface area contributed by atoms with Crippen LogP contribution in [-0.2, 0) is 22.6 Å². The van der Waals surface area contributed by atoms with Gasteiger partial charge < -0.3 is 10.1 Å². The zero-order valence-corrected chi connectivity index (χ0v) is 21.8. The fourth-order valence-corrected chi connectivity index (χ4v) is 4.02. The Balaban J connectivity index is 1.49. The van der Waals surface area contributed by atoms with Crippen molar-refractivity contribution in [1.82, 2.24) is 29.9 Å². The van der Waals surface area contributed by atoms with Crippen LogP contribution in [0.25, 0.3) is 0 Å². The van der Waals surface area contributed by atoms with Gasteiger partial charge in [0.1, 0.15) is 11.9 Å². The Morgan fingerprint density at radius 2 is 1.72 bits per heavy atom.